The molecule has 1 aromatic heterocycles. The molecule has 25 heavy (non-hydrogen) atoms. The van der Waals surface area contributed by atoms with Gasteiger partial charge in [0.05, 0.1) is 6.54 Å². The highest BCUT2D eigenvalue weighted by Crippen LogP contribution is 2.35. The Morgan fingerprint density at radius 1 is 1.04 bits per heavy atom. The number of aliphatic imine (C=N–C) groups is 1. The summed E-state index contributed by atoms with van der Waals surface area (Å²) in [4.78, 5) is 11.5. The predicted molar refractivity (Wildman–Crippen MR) is 98.8 cm³/mol. The molecule has 5 nitrogen and oxygen atoms in total. The van der Waals surface area contributed by atoms with E-state index in [1.807, 2.05) is 30.6 Å². The lowest BCUT2D eigenvalue weighted by Crippen LogP contribution is -2.24. The molecule has 2 aromatic rings. The number of benzene rings is 1. The zero-order valence-corrected chi connectivity index (χ0v) is 14.4. The lowest BCUT2D eigenvalue weighted by atomic mass is 10.2. The number of hydrogen-bond acceptors (Lipinski definition) is 5. The van der Waals surface area contributed by atoms with Gasteiger partial charge in [0.1, 0.15) is 5.82 Å². The highest BCUT2D eigenvalue weighted by atomic mass is 16.7. The van der Waals surface area contributed by atoms with Gasteiger partial charge in [0.15, 0.2) is 11.5 Å². The summed E-state index contributed by atoms with van der Waals surface area (Å²) in [5, 5.41) is 0. The van der Waals surface area contributed by atoms with E-state index >= 15 is 0 Å². The van der Waals surface area contributed by atoms with Gasteiger partial charge >= 0.3 is 0 Å². The number of ether oxygens (including phenoxy) is 2. The quantitative estimate of drug-likeness (QED) is 0.796. The Morgan fingerprint density at radius 2 is 1.92 bits per heavy atom. The van der Waals surface area contributed by atoms with Crippen LogP contribution in [-0.4, -0.2) is 31.1 Å². The van der Waals surface area contributed by atoms with Gasteiger partial charge < -0.3 is 14.4 Å². The Labute approximate surface area is 148 Å². The first-order chi connectivity index (χ1) is 12.4. The molecule has 1 fully saturated rings. The number of pyridine rings is 1. The largest absolute Gasteiger partial charge is 0.454 e. The van der Waals surface area contributed by atoms with Crippen LogP contribution in [0.15, 0.2) is 41.5 Å². The average Bonchev–Trinajstić information content (AvgIpc) is 2.97. The normalized spacial score (nSPS) is 17.0. The van der Waals surface area contributed by atoms with Crippen LogP contribution in [0.2, 0.25) is 0 Å². The molecular weight excluding hydrogens is 314 g/mol. The van der Waals surface area contributed by atoms with E-state index in [1.54, 1.807) is 0 Å². The van der Waals surface area contributed by atoms with Crippen LogP contribution in [0.1, 0.15) is 36.8 Å². The number of fused-ring (bicyclic) bond motifs is 1. The van der Waals surface area contributed by atoms with Gasteiger partial charge in [-0.25, -0.2) is 4.98 Å². The highest BCUT2D eigenvalue weighted by Gasteiger charge is 2.16. The fourth-order valence-corrected chi connectivity index (χ4v) is 3.33. The molecule has 0 spiro atoms. The molecule has 3 heterocycles. The number of para-hydroxylation sites is 1. The van der Waals surface area contributed by atoms with Crippen LogP contribution in [-0.2, 0) is 6.54 Å². The molecule has 0 radical (unpaired) electrons. The van der Waals surface area contributed by atoms with Crippen LogP contribution in [0, 0.1) is 0 Å². The number of rotatable bonds is 4. The van der Waals surface area contributed by atoms with Crippen LogP contribution in [0.25, 0.3) is 0 Å². The minimum absolute atomic E-state index is 0.290. The van der Waals surface area contributed by atoms with E-state index in [2.05, 4.69) is 27.0 Å². The zero-order valence-electron chi connectivity index (χ0n) is 14.4. The Kier molecular flexibility index (Phi) is 4.81. The van der Waals surface area contributed by atoms with Crippen molar-refractivity contribution in [2.75, 3.05) is 24.8 Å². The summed E-state index contributed by atoms with van der Waals surface area (Å²) in [6.45, 7) is 3.08. The zero-order chi connectivity index (χ0) is 16.9. The molecule has 2 aliphatic heterocycles. The van der Waals surface area contributed by atoms with Gasteiger partial charge in [0.2, 0.25) is 6.79 Å². The summed E-state index contributed by atoms with van der Waals surface area (Å²) in [5.41, 5.74) is 2.06. The fourth-order valence-electron chi connectivity index (χ4n) is 3.33. The number of anilines is 1. The summed E-state index contributed by atoms with van der Waals surface area (Å²) in [6.07, 6.45) is 8.96. The van der Waals surface area contributed by atoms with E-state index in [1.165, 1.54) is 25.7 Å². The fraction of sp³-hybridized carbons (Fsp3) is 0.400. The Morgan fingerprint density at radius 3 is 2.72 bits per heavy atom. The van der Waals surface area contributed by atoms with Gasteiger partial charge in [-0.05, 0) is 31.0 Å². The average molecular weight is 337 g/mol. The number of hydrogen-bond donors (Lipinski definition) is 0. The molecule has 0 bridgehead atoms. The van der Waals surface area contributed by atoms with Gasteiger partial charge in [-0.2, -0.15) is 0 Å². The molecule has 1 saturated heterocycles. The number of nitrogens with zero attached hydrogens (tertiary/aromatic N) is 3. The predicted octanol–water partition coefficient (Wildman–Crippen LogP) is 3.81. The molecule has 2 aliphatic rings. The summed E-state index contributed by atoms with van der Waals surface area (Å²) in [5.74, 6) is 2.69. The van der Waals surface area contributed by atoms with Crippen molar-refractivity contribution in [2.45, 2.75) is 32.2 Å². The maximum Gasteiger partial charge on any atom is 0.231 e. The monoisotopic (exact) mass is 337 g/mol. The van der Waals surface area contributed by atoms with E-state index in [0.29, 0.717) is 6.54 Å². The lowest BCUT2D eigenvalue weighted by molar-refractivity contribution is 0.173. The van der Waals surface area contributed by atoms with Crippen molar-refractivity contribution in [3.8, 4) is 11.5 Å². The highest BCUT2D eigenvalue weighted by molar-refractivity contribution is 5.79. The molecule has 0 aliphatic carbocycles. The molecule has 1 aromatic carbocycles. The first kappa shape index (κ1) is 15.9. The van der Waals surface area contributed by atoms with Crippen molar-refractivity contribution in [1.82, 2.24) is 4.98 Å². The van der Waals surface area contributed by atoms with Crippen molar-refractivity contribution < 1.29 is 9.47 Å². The molecule has 0 amide bonds. The smallest absolute Gasteiger partial charge is 0.231 e. The second-order valence-corrected chi connectivity index (χ2v) is 6.47. The van der Waals surface area contributed by atoms with E-state index in [4.69, 9.17) is 9.47 Å². The summed E-state index contributed by atoms with van der Waals surface area (Å²) in [7, 11) is 0. The Balaban J connectivity index is 1.39. The third-order valence-electron chi connectivity index (χ3n) is 4.68. The van der Waals surface area contributed by atoms with E-state index in [-0.39, 0.29) is 6.79 Å². The third kappa shape index (κ3) is 3.76. The minimum atomic E-state index is 0.290. The second kappa shape index (κ2) is 7.55. The molecule has 5 heteroatoms. The maximum atomic E-state index is 5.51. The van der Waals surface area contributed by atoms with Crippen LogP contribution >= 0.6 is 0 Å². The van der Waals surface area contributed by atoms with Gasteiger partial charge in [0.25, 0.3) is 0 Å². The van der Waals surface area contributed by atoms with E-state index < -0.39 is 0 Å². The third-order valence-corrected chi connectivity index (χ3v) is 4.68. The first-order valence-corrected chi connectivity index (χ1v) is 8.98. The summed E-state index contributed by atoms with van der Waals surface area (Å²) < 4.78 is 10.9. The molecular formula is C20H23N3O2. The molecule has 0 saturated carbocycles. The van der Waals surface area contributed by atoms with Gasteiger partial charge in [-0.1, -0.05) is 25.0 Å². The van der Waals surface area contributed by atoms with Crippen molar-refractivity contribution in [1.29, 1.82) is 0 Å². The summed E-state index contributed by atoms with van der Waals surface area (Å²) in [6, 6.07) is 10.1. The number of aromatic nitrogens is 1. The topological polar surface area (TPSA) is 47.0 Å². The van der Waals surface area contributed by atoms with Crippen LogP contribution in [0.4, 0.5) is 5.82 Å². The second-order valence-electron chi connectivity index (χ2n) is 6.47. The molecule has 4 rings (SSSR count). The molecule has 0 atom stereocenters. The van der Waals surface area contributed by atoms with Gasteiger partial charge in [0, 0.05) is 36.6 Å². The van der Waals surface area contributed by atoms with Crippen molar-refractivity contribution in [3.05, 3.63) is 47.7 Å². The van der Waals surface area contributed by atoms with E-state index in [9.17, 15) is 0 Å². The van der Waals surface area contributed by atoms with E-state index in [0.717, 1.165) is 41.5 Å². The molecule has 0 N–H and O–H groups in total. The Bertz CT molecular complexity index is 735. The SMILES string of the molecule is C(=N\Cc1cccc2c1OCO2)/c1ccc(N2CCCCCC2)nc1. The van der Waals surface area contributed by atoms with Crippen LogP contribution in [0.3, 0.4) is 0 Å². The van der Waals surface area contributed by atoms with Crippen molar-refractivity contribution in [3.63, 3.8) is 0 Å². The summed E-state index contributed by atoms with van der Waals surface area (Å²) >= 11 is 0. The molecule has 0 unspecified atom stereocenters. The minimum Gasteiger partial charge on any atom is -0.454 e. The Hall–Kier alpha value is -2.56. The van der Waals surface area contributed by atoms with Gasteiger partial charge in [-0.15, -0.1) is 0 Å². The van der Waals surface area contributed by atoms with Crippen LogP contribution < -0.4 is 14.4 Å². The maximum absolute atomic E-state index is 5.51. The van der Waals surface area contributed by atoms with Gasteiger partial charge in [-0.3, -0.25) is 4.99 Å². The first-order valence-electron chi connectivity index (χ1n) is 8.98. The standard InChI is InChI=1S/C20H23N3O2/c1-2-4-11-23(10-3-1)19-9-8-16(13-22-19)12-21-14-17-6-5-7-18-20(17)25-15-24-18/h5-9,12-13H,1-4,10-11,14-15H2/b21-12+. The van der Waals surface area contributed by atoms with Crippen molar-refractivity contribution in [2.24, 2.45) is 4.99 Å². The lowest BCUT2D eigenvalue weighted by Gasteiger charge is -2.21. The van der Waals surface area contributed by atoms with Crippen molar-refractivity contribution >= 4 is 12.0 Å². The molecule has 130 valence electrons. The van der Waals surface area contributed by atoms with Crippen LogP contribution in [0.5, 0.6) is 11.5 Å².